The molecule has 0 bridgehead atoms. The highest BCUT2D eigenvalue weighted by Crippen LogP contribution is 2.52. The minimum Gasteiger partial charge on any atom is -0.449 e. The largest absolute Gasteiger partial charge is 0.512 e. The van der Waals surface area contributed by atoms with Crippen molar-refractivity contribution in [3.8, 4) is 0 Å². The van der Waals surface area contributed by atoms with E-state index in [1.807, 2.05) is 6.92 Å². The second-order valence-corrected chi connectivity index (χ2v) is 9.47. The maximum Gasteiger partial charge on any atom is 0.512 e. The van der Waals surface area contributed by atoms with Gasteiger partial charge in [-0.3, -0.25) is 19.8 Å². The Morgan fingerprint density at radius 2 is 2.10 bits per heavy atom. The molecule has 0 aromatic heterocycles. The number of amides is 4. The van der Waals surface area contributed by atoms with Crippen LogP contribution in [-0.2, 0) is 14.3 Å². The molecule has 4 aliphatic heterocycles. The van der Waals surface area contributed by atoms with Crippen LogP contribution in [0, 0.1) is 11.8 Å². The number of nitrogens with zero attached hydrogens (tertiary/aromatic N) is 1. The molecule has 3 fully saturated rings. The predicted octanol–water partition coefficient (Wildman–Crippen LogP) is -0.231. The number of thioether (sulfide) groups is 1. The molecule has 30 heavy (non-hydrogen) atoms. The van der Waals surface area contributed by atoms with E-state index >= 15 is 0 Å². The number of aliphatic hydroxyl groups is 1. The summed E-state index contributed by atoms with van der Waals surface area (Å²) in [5, 5.41) is 27.3. The summed E-state index contributed by atoms with van der Waals surface area (Å²) in [6, 6.07) is -1.37. The molecule has 5 N–H and O–H groups in total. The Labute approximate surface area is 176 Å². The number of carbonyl (C=O) groups is 4. The molecule has 0 aliphatic carbocycles. The van der Waals surface area contributed by atoms with Crippen molar-refractivity contribution < 1.29 is 34.1 Å². The Bertz CT molecular complexity index is 831. The normalized spacial score (nSPS) is 36.4. The van der Waals surface area contributed by atoms with Crippen LogP contribution in [0.15, 0.2) is 10.8 Å². The van der Waals surface area contributed by atoms with E-state index in [1.165, 1.54) is 16.7 Å². The highest BCUT2D eigenvalue weighted by Gasteiger charge is 2.60. The summed E-state index contributed by atoms with van der Waals surface area (Å²) >= 11 is 1.46. The van der Waals surface area contributed by atoms with Gasteiger partial charge in [0.25, 0.3) is 5.91 Å². The van der Waals surface area contributed by atoms with E-state index in [2.05, 4.69) is 16.0 Å². The number of β-lactam (4-membered cyclic amide) rings is 1. The number of ether oxygens (including phenoxy) is 1. The quantitative estimate of drug-likeness (QED) is 0.214. The van der Waals surface area contributed by atoms with Crippen molar-refractivity contribution in [3.05, 3.63) is 10.8 Å². The number of carbonyl (C=O) groups excluding carboxylic acids is 3. The van der Waals surface area contributed by atoms with Crippen LogP contribution < -0.4 is 16.0 Å². The van der Waals surface area contributed by atoms with E-state index in [9.17, 15) is 24.3 Å². The third-order valence-electron chi connectivity index (χ3n) is 6.10. The number of urea groups is 1. The lowest BCUT2D eigenvalue weighted by molar-refractivity contribution is -0.163. The summed E-state index contributed by atoms with van der Waals surface area (Å²) in [6.45, 7) is 4.09. The fourth-order valence-electron chi connectivity index (χ4n) is 4.74. The minimum atomic E-state index is -1.49. The molecule has 7 atom stereocenters. The molecule has 4 heterocycles. The Morgan fingerprint density at radius 1 is 1.37 bits per heavy atom. The summed E-state index contributed by atoms with van der Waals surface area (Å²) in [5.74, 6) is -1.38. The van der Waals surface area contributed by atoms with Crippen LogP contribution >= 0.6 is 11.8 Å². The van der Waals surface area contributed by atoms with Crippen LogP contribution in [0.25, 0.3) is 0 Å². The van der Waals surface area contributed by atoms with Gasteiger partial charge in [0, 0.05) is 23.8 Å². The SMILES string of the molecule is C[C@@H](O)[C@H]1C(=O)N2C(OC(=O)O)=C(S[C@@H]3CN[C@H](CC4NC(=O)NC4=O)C3)[C@H](C)[C@H]12. The van der Waals surface area contributed by atoms with Gasteiger partial charge in [-0.1, -0.05) is 6.92 Å². The summed E-state index contributed by atoms with van der Waals surface area (Å²) in [5.41, 5.74) is 0. The molecular weight excluding hydrogens is 416 g/mol. The van der Waals surface area contributed by atoms with Gasteiger partial charge in [-0.2, -0.15) is 0 Å². The first-order valence-electron chi connectivity index (χ1n) is 9.84. The molecule has 4 amide bonds. The zero-order valence-corrected chi connectivity index (χ0v) is 17.3. The zero-order valence-electron chi connectivity index (χ0n) is 16.5. The lowest BCUT2D eigenvalue weighted by Gasteiger charge is -2.45. The summed E-state index contributed by atoms with van der Waals surface area (Å²) in [7, 11) is 0. The third kappa shape index (κ3) is 3.52. The van der Waals surface area contributed by atoms with Crippen LogP contribution in [-0.4, -0.2) is 75.1 Å². The lowest BCUT2D eigenvalue weighted by atomic mass is 9.79. The topological polar surface area (TPSA) is 157 Å². The van der Waals surface area contributed by atoms with Crippen molar-refractivity contribution in [2.75, 3.05) is 6.54 Å². The van der Waals surface area contributed by atoms with Gasteiger partial charge in [-0.15, -0.1) is 11.8 Å². The highest BCUT2D eigenvalue weighted by atomic mass is 32.2. The molecule has 11 nitrogen and oxygen atoms in total. The molecule has 0 radical (unpaired) electrons. The van der Waals surface area contributed by atoms with Gasteiger partial charge in [0.1, 0.15) is 6.04 Å². The van der Waals surface area contributed by atoms with Gasteiger partial charge in [0.2, 0.25) is 11.8 Å². The molecule has 0 aromatic rings. The van der Waals surface area contributed by atoms with Crippen LogP contribution in [0.1, 0.15) is 26.7 Å². The highest BCUT2D eigenvalue weighted by molar-refractivity contribution is 8.03. The zero-order chi connectivity index (χ0) is 21.7. The monoisotopic (exact) mass is 440 g/mol. The second-order valence-electron chi connectivity index (χ2n) is 8.12. The molecule has 164 valence electrons. The Balaban J connectivity index is 1.44. The van der Waals surface area contributed by atoms with Crippen molar-refractivity contribution in [2.24, 2.45) is 11.8 Å². The number of hydrogen-bond donors (Lipinski definition) is 5. The number of carboxylic acid groups (broad SMARTS) is 1. The smallest absolute Gasteiger partial charge is 0.449 e. The first-order chi connectivity index (χ1) is 14.2. The van der Waals surface area contributed by atoms with Gasteiger partial charge < -0.3 is 25.6 Å². The van der Waals surface area contributed by atoms with Gasteiger partial charge in [-0.05, 0) is 19.8 Å². The number of fused-ring (bicyclic) bond motifs is 1. The van der Waals surface area contributed by atoms with E-state index in [-0.39, 0.29) is 40.9 Å². The van der Waals surface area contributed by atoms with Crippen LogP contribution in [0.2, 0.25) is 0 Å². The van der Waals surface area contributed by atoms with Crippen molar-refractivity contribution in [1.29, 1.82) is 0 Å². The number of rotatable bonds is 6. The van der Waals surface area contributed by atoms with Crippen LogP contribution in [0.4, 0.5) is 9.59 Å². The summed E-state index contributed by atoms with van der Waals surface area (Å²) < 4.78 is 4.98. The van der Waals surface area contributed by atoms with Gasteiger partial charge >= 0.3 is 12.2 Å². The van der Waals surface area contributed by atoms with Crippen molar-refractivity contribution in [3.63, 3.8) is 0 Å². The van der Waals surface area contributed by atoms with E-state index < -0.39 is 30.3 Å². The lowest BCUT2D eigenvalue weighted by Crippen LogP contribution is -2.63. The molecule has 0 aromatic carbocycles. The van der Waals surface area contributed by atoms with Gasteiger partial charge in [-0.25, -0.2) is 9.59 Å². The van der Waals surface area contributed by atoms with E-state index in [1.54, 1.807) is 6.92 Å². The molecule has 3 saturated heterocycles. The van der Waals surface area contributed by atoms with E-state index in [4.69, 9.17) is 9.84 Å². The fourth-order valence-corrected chi connectivity index (χ4v) is 6.20. The second kappa shape index (κ2) is 7.75. The number of hydrogen-bond acceptors (Lipinski definition) is 8. The van der Waals surface area contributed by atoms with E-state index in [0.717, 1.165) is 0 Å². The molecule has 4 rings (SSSR count). The molecule has 0 spiro atoms. The molecule has 0 saturated carbocycles. The van der Waals surface area contributed by atoms with Crippen molar-refractivity contribution >= 4 is 35.8 Å². The van der Waals surface area contributed by atoms with Crippen molar-refractivity contribution in [1.82, 2.24) is 20.9 Å². The molecule has 1 unspecified atom stereocenters. The summed E-state index contributed by atoms with van der Waals surface area (Å²) in [6.07, 6.45) is -1.16. The average Bonchev–Trinajstić information content (AvgIpc) is 3.26. The van der Waals surface area contributed by atoms with Crippen LogP contribution in [0.3, 0.4) is 0 Å². The fraction of sp³-hybridized carbons (Fsp3) is 0.667. The number of imide groups is 1. The average molecular weight is 440 g/mol. The number of aliphatic hydroxyl groups excluding tert-OH is 1. The Kier molecular flexibility index (Phi) is 5.41. The van der Waals surface area contributed by atoms with E-state index in [0.29, 0.717) is 24.3 Å². The molecular formula is C18H24N4O7S. The predicted molar refractivity (Wildman–Crippen MR) is 104 cm³/mol. The summed E-state index contributed by atoms with van der Waals surface area (Å²) in [4.78, 5) is 48.7. The maximum absolute atomic E-state index is 12.5. The standard InChI is InChI=1S/C18H24N4O7S/c1-6-12-11(7(2)23)15(25)22(12)16(29-18(27)28)13(6)30-9-3-8(19-5-9)4-10-14(24)21-17(26)20-10/h6-12,19,23H,3-5H2,1-2H3,(H,27,28)(H2,20,21,24,26)/t6-,7-,8+,9+,10?,11-,12-/m1/s1. The Hall–Kier alpha value is -2.31. The Morgan fingerprint density at radius 3 is 2.70 bits per heavy atom. The first-order valence-corrected chi connectivity index (χ1v) is 10.7. The number of nitrogens with one attached hydrogen (secondary N) is 3. The van der Waals surface area contributed by atoms with Gasteiger partial charge in [0.05, 0.1) is 23.0 Å². The van der Waals surface area contributed by atoms with Crippen LogP contribution in [0.5, 0.6) is 0 Å². The third-order valence-corrected chi connectivity index (χ3v) is 7.59. The minimum absolute atomic E-state index is 0.0154. The first kappa shape index (κ1) is 20.9. The molecule has 4 aliphatic rings. The maximum atomic E-state index is 12.5. The molecule has 12 heteroatoms. The van der Waals surface area contributed by atoms with Crippen molar-refractivity contribution in [2.45, 2.75) is 56.2 Å². The van der Waals surface area contributed by atoms with Gasteiger partial charge in [0.15, 0.2) is 0 Å².